The molecular weight excluding hydrogens is 382 g/mol. The number of hydrogen-bond acceptors (Lipinski definition) is 5. The maximum absolute atomic E-state index is 12.7. The Bertz CT molecular complexity index is 1030. The lowest BCUT2D eigenvalue weighted by molar-refractivity contribution is 0.0932. The van der Waals surface area contributed by atoms with E-state index in [0.717, 1.165) is 22.4 Å². The van der Waals surface area contributed by atoms with E-state index >= 15 is 0 Å². The van der Waals surface area contributed by atoms with E-state index in [1.807, 2.05) is 57.2 Å². The van der Waals surface area contributed by atoms with Gasteiger partial charge in [0.05, 0.1) is 20.3 Å². The van der Waals surface area contributed by atoms with Crippen molar-refractivity contribution in [3.63, 3.8) is 0 Å². The Morgan fingerprint density at radius 1 is 1.07 bits per heavy atom. The van der Waals surface area contributed by atoms with Gasteiger partial charge < -0.3 is 19.5 Å². The Labute approximate surface area is 176 Å². The average Bonchev–Trinajstić information content (AvgIpc) is 3.23. The first-order valence-corrected chi connectivity index (χ1v) is 9.67. The summed E-state index contributed by atoms with van der Waals surface area (Å²) in [7, 11) is 3.19. The van der Waals surface area contributed by atoms with Crippen molar-refractivity contribution in [3.8, 4) is 17.2 Å². The minimum absolute atomic E-state index is 0.219. The number of methoxy groups -OCH3 is 2. The van der Waals surface area contributed by atoms with Crippen LogP contribution in [0.2, 0.25) is 0 Å². The second kappa shape index (κ2) is 9.35. The van der Waals surface area contributed by atoms with Gasteiger partial charge in [0.2, 0.25) is 0 Å². The summed E-state index contributed by atoms with van der Waals surface area (Å²) in [6, 6.07) is 12.9. The Morgan fingerprint density at radius 3 is 2.60 bits per heavy atom. The molecule has 7 heteroatoms. The summed E-state index contributed by atoms with van der Waals surface area (Å²) in [5.74, 6) is 1.89. The molecule has 3 rings (SSSR count). The van der Waals surface area contributed by atoms with Gasteiger partial charge in [0.1, 0.15) is 22.9 Å². The number of aryl methyl sites for hydroxylation is 2. The number of benzene rings is 2. The Balaban J connectivity index is 1.65. The summed E-state index contributed by atoms with van der Waals surface area (Å²) in [5, 5.41) is 7.28. The summed E-state index contributed by atoms with van der Waals surface area (Å²) in [4.78, 5) is 12.7. The number of hydrogen-bond donors (Lipinski definition) is 1. The number of amides is 1. The van der Waals surface area contributed by atoms with Crippen LogP contribution in [-0.2, 0) is 6.73 Å². The summed E-state index contributed by atoms with van der Waals surface area (Å²) < 4.78 is 18.1. The van der Waals surface area contributed by atoms with Crippen LogP contribution in [0.5, 0.6) is 17.2 Å². The van der Waals surface area contributed by atoms with E-state index in [0.29, 0.717) is 17.2 Å². The smallest absolute Gasteiger partial charge is 0.272 e. The highest BCUT2D eigenvalue weighted by Gasteiger charge is 2.18. The molecule has 0 radical (unpaired) electrons. The second-order valence-corrected chi connectivity index (χ2v) is 7.09. The van der Waals surface area contributed by atoms with Crippen molar-refractivity contribution in [2.75, 3.05) is 14.2 Å². The predicted octanol–water partition coefficient (Wildman–Crippen LogP) is 4.04. The molecule has 1 atom stereocenters. The van der Waals surface area contributed by atoms with Crippen molar-refractivity contribution in [2.45, 2.75) is 33.5 Å². The maximum atomic E-state index is 12.7. The highest BCUT2D eigenvalue weighted by atomic mass is 16.5. The third-order valence-corrected chi connectivity index (χ3v) is 4.82. The van der Waals surface area contributed by atoms with E-state index in [1.165, 1.54) is 0 Å². The van der Waals surface area contributed by atoms with Gasteiger partial charge in [0.15, 0.2) is 6.73 Å². The Morgan fingerprint density at radius 2 is 1.87 bits per heavy atom. The number of ether oxygens (including phenoxy) is 3. The van der Waals surface area contributed by atoms with Gasteiger partial charge in [-0.15, -0.1) is 0 Å². The summed E-state index contributed by atoms with van der Waals surface area (Å²) >= 11 is 0. The number of nitrogens with one attached hydrogen (secondary N) is 1. The highest BCUT2D eigenvalue weighted by molar-refractivity contribution is 5.92. The SMILES string of the molecule is COc1ccc(OC)c(C(C)NC(=O)c2ccn(COc3cc(C)ccc3C)n2)c1. The Kier molecular flexibility index (Phi) is 6.61. The van der Waals surface area contributed by atoms with Crippen LogP contribution >= 0.6 is 0 Å². The van der Waals surface area contributed by atoms with Crippen molar-refractivity contribution in [2.24, 2.45) is 0 Å². The first kappa shape index (κ1) is 21.2. The second-order valence-electron chi connectivity index (χ2n) is 7.09. The number of carbonyl (C=O) groups is 1. The third-order valence-electron chi connectivity index (χ3n) is 4.82. The van der Waals surface area contributed by atoms with E-state index in [1.54, 1.807) is 31.2 Å². The minimum Gasteiger partial charge on any atom is -0.497 e. The highest BCUT2D eigenvalue weighted by Crippen LogP contribution is 2.29. The molecule has 3 aromatic rings. The van der Waals surface area contributed by atoms with E-state index in [4.69, 9.17) is 14.2 Å². The fourth-order valence-corrected chi connectivity index (χ4v) is 3.08. The monoisotopic (exact) mass is 409 g/mol. The molecule has 1 amide bonds. The predicted molar refractivity (Wildman–Crippen MR) is 114 cm³/mol. The first-order chi connectivity index (χ1) is 14.4. The molecule has 0 aliphatic carbocycles. The molecule has 1 aromatic heterocycles. The molecule has 30 heavy (non-hydrogen) atoms. The van der Waals surface area contributed by atoms with Crippen LogP contribution in [0.4, 0.5) is 0 Å². The van der Waals surface area contributed by atoms with Crippen LogP contribution in [0.25, 0.3) is 0 Å². The zero-order valence-electron chi connectivity index (χ0n) is 17.9. The molecule has 1 unspecified atom stereocenters. The lowest BCUT2D eigenvalue weighted by Gasteiger charge is -2.17. The molecule has 7 nitrogen and oxygen atoms in total. The van der Waals surface area contributed by atoms with Gasteiger partial charge in [-0.2, -0.15) is 5.10 Å². The van der Waals surface area contributed by atoms with Gasteiger partial charge in [-0.3, -0.25) is 4.79 Å². The first-order valence-electron chi connectivity index (χ1n) is 9.67. The van der Waals surface area contributed by atoms with Crippen molar-refractivity contribution >= 4 is 5.91 Å². The average molecular weight is 409 g/mol. The molecule has 158 valence electrons. The van der Waals surface area contributed by atoms with Gasteiger partial charge in [0.25, 0.3) is 5.91 Å². The molecule has 0 spiro atoms. The molecule has 0 aliphatic rings. The van der Waals surface area contributed by atoms with Crippen molar-refractivity contribution in [1.29, 1.82) is 0 Å². The zero-order chi connectivity index (χ0) is 21.7. The van der Waals surface area contributed by atoms with Crippen LogP contribution in [0.1, 0.15) is 40.1 Å². The summed E-state index contributed by atoms with van der Waals surface area (Å²) in [5.41, 5.74) is 3.31. The van der Waals surface area contributed by atoms with Crippen LogP contribution in [0.15, 0.2) is 48.7 Å². The van der Waals surface area contributed by atoms with Crippen molar-refractivity contribution < 1.29 is 19.0 Å². The lowest BCUT2D eigenvalue weighted by Crippen LogP contribution is -2.27. The number of rotatable bonds is 8. The van der Waals surface area contributed by atoms with Crippen LogP contribution in [0.3, 0.4) is 0 Å². The van der Waals surface area contributed by atoms with Crippen LogP contribution in [0, 0.1) is 13.8 Å². The van der Waals surface area contributed by atoms with Crippen LogP contribution in [-0.4, -0.2) is 29.9 Å². The Hall–Kier alpha value is -3.48. The third kappa shape index (κ3) is 4.92. The standard InChI is InChI=1S/C23H27N3O4/c1-15-6-7-16(2)22(12-15)30-14-26-11-10-20(25-26)23(27)24-17(3)19-13-18(28-4)8-9-21(19)29-5/h6-13,17H,14H2,1-5H3,(H,24,27). The van der Waals surface area contributed by atoms with Gasteiger partial charge in [-0.1, -0.05) is 12.1 Å². The van der Waals surface area contributed by atoms with Gasteiger partial charge in [-0.05, 0) is 62.2 Å². The van der Waals surface area contributed by atoms with Gasteiger partial charge >= 0.3 is 0 Å². The number of carbonyl (C=O) groups excluding carboxylic acids is 1. The molecule has 1 heterocycles. The van der Waals surface area contributed by atoms with Crippen LogP contribution < -0.4 is 19.5 Å². The van der Waals surface area contributed by atoms with E-state index in [-0.39, 0.29) is 18.7 Å². The molecule has 0 saturated heterocycles. The number of nitrogens with zero attached hydrogens (tertiary/aromatic N) is 2. The molecule has 2 aromatic carbocycles. The summed E-state index contributed by atoms with van der Waals surface area (Å²) in [6.45, 7) is 6.11. The van der Waals surface area contributed by atoms with E-state index in [2.05, 4.69) is 10.4 Å². The molecule has 0 fully saturated rings. The molecular formula is C23H27N3O4. The molecule has 0 aliphatic heterocycles. The fourth-order valence-electron chi connectivity index (χ4n) is 3.08. The van der Waals surface area contributed by atoms with Gasteiger partial charge in [-0.25, -0.2) is 4.68 Å². The fraction of sp³-hybridized carbons (Fsp3) is 0.304. The zero-order valence-corrected chi connectivity index (χ0v) is 17.9. The minimum atomic E-state index is -0.293. The van der Waals surface area contributed by atoms with E-state index < -0.39 is 0 Å². The maximum Gasteiger partial charge on any atom is 0.272 e. The van der Waals surface area contributed by atoms with E-state index in [9.17, 15) is 4.79 Å². The largest absolute Gasteiger partial charge is 0.497 e. The quantitative estimate of drug-likeness (QED) is 0.608. The summed E-state index contributed by atoms with van der Waals surface area (Å²) in [6.07, 6.45) is 1.72. The topological polar surface area (TPSA) is 74.6 Å². The van der Waals surface area contributed by atoms with Gasteiger partial charge in [0, 0.05) is 11.8 Å². The normalized spacial score (nSPS) is 11.6. The van der Waals surface area contributed by atoms with Crippen molar-refractivity contribution in [1.82, 2.24) is 15.1 Å². The number of aromatic nitrogens is 2. The molecule has 1 N–H and O–H groups in total. The van der Waals surface area contributed by atoms with Crippen molar-refractivity contribution in [3.05, 3.63) is 71.0 Å². The lowest BCUT2D eigenvalue weighted by atomic mass is 10.1. The molecule has 0 bridgehead atoms. The molecule has 0 saturated carbocycles.